The third-order valence-electron chi connectivity index (χ3n) is 11.7. The van der Waals surface area contributed by atoms with E-state index in [1.807, 2.05) is 129 Å². The number of para-hydroxylation sites is 2. The fourth-order valence-electron chi connectivity index (χ4n) is 8.59. The normalized spacial score (nSPS) is 14.5. The molecule has 0 aliphatic carbocycles. The number of benzene rings is 2. The van der Waals surface area contributed by atoms with Crippen molar-refractivity contribution in [2.24, 2.45) is 0 Å². The number of hydrogen-bond acceptors (Lipinski definition) is 8. The number of piperidine rings is 1. The Morgan fingerprint density at radius 3 is 1.52 bits per heavy atom. The van der Waals surface area contributed by atoms with Gasteiger partial charge in [-0.3, -0.25) is 4.90 Å². The molecule has 1 saturated heterocycles. The summed E-state index contributed by atoms with van der Waals surface area (Å²) in [6.07, 6.45) is 10.4. The van der Waals surface area contributed by atoms with Crippen LogP contribution in [0.1, 0.15) is 207 Å². The van der Waals surface area contributed by atoms with Crippen molar-refractivity contribution in [3.05, 3.63) is 107 Å². The minimum Gasteiger partial charge on any atom is -0.369 e. The van der Waals surface area contributed by atoms with Gasteiger partial charge in [-0.2, -0.15) is 0 Å². The molecule has 1 N–H and O–H groups in total. The minimum absolute atomic E-state index is 0.423. The van der Waals surface area contributed by atoms with Crippen molar-refractivity contribution >= 4 is 17.2 Å². The average molecular weight is 958 g/mol. The van der Waals surface area contributed by atoms with E-state index < -0.39 is 0 Å². The summed E-state index contributed by atoms with van der Waals surface area (Å²) in [5.74, 6) is 1.19. The van der Waals surface area contributed by atoms with Crippen LogP contribution in [0.15, 0.2) is 79.4 Å². The second kappa shape index (κ2) is 41.7. The summed E-state index contributed by atoms with van der Waals surface area (Å²) in [7, 11) is 0. The van der Waals surface area contributed by atoms with Crippen LogP contribution >= 0.6 is 0 Å². The molecule has 1 spiro atoms. The van der Waals surface area contributed by atoms with Crippen LogP contribution in [0.5, 0.6) is 0 Å². The molecule has 396 valence electrons. The molecule has 9 rings (SSSR count). The zero-order valence-corrected chi connectivity index (χ0v) is 49.7. The molecular weight excluding hydrogens is 845 g/mol. The second-order valence-electron chi connectivity index (χ2n) is 16.5. The minimum atomic E-state index is 0.423. The maximum atomic E-state index is 4.39. The lowest BCUT2D eigenvalue weighted by Gasteiger charge is -2.35. The summed E-state index contributed by atoms with van der Waals surface area (Å²) < 4.78 is 0. The van der Waals surface area contributed by atoms with Gasteiger partial charge in [0.1, 0.15) is 12.1 Å². The first-order chi connectivity index (χ1) is 33.6. The van der Waals surface area contributed by atoms with Gasteiger partial charge in [0.15, 0.2) is 0 Å². The topological polar surface area (TPSA) is 63.7 Å². The van der Waals surface area contributed by atoms with Crippen LogP contribution in [-0.2, 0) is 31.3 Å². The zero-order chi connectivity index (χ0) is 53.5. The van der Waals surface area contributed by atoms with E-state index in [0.717, 1.165) is 26.1 Å². The Bertz CT molecular complexity index is 1680. The molecule has 0 unspecified atom stereocenters. The van der Waals surface area contributed by atoms with Crippen molar-refractivity contribution in [1.29, 1.82) is 0 Å². The number of nitrogens with one attached hydrogen (secondary N) is 1. The van der Waals surface area contributed by atoms with Gasteiger partial charge >= 0.3 is 0 Å². The molecule has 8 heteroatoms. The number of hydrogen-bond donors (Lipinski definition) is 1. The highest BCUT2D eigenvalue weighted by atomic mass is 15.2. The van der Waals surface area contributed by atoms with E-state index in [9.17, 15) is 0 Å². The molecule has 69 heavy (non-hydrogen) atoms. The highest BCUT2D eigenvalue weighted by Gasteiger charge is 2.43. The molecule has 7 heterocycles. The maximum Gasteiger partial charge on any atom is 0.132 e. The summed E-state index contributed by atoms with van der Waals surface area (Å²) >= 11 is 0. The molecule has 0 amide bonds. The Balaban J connectivity index is -0.000000772. The van der Waals surface area contributed by atoms with E-state index in [0.29, 0.717) is 29.6 Å². The molecule has 0 bridgehead atoms. The maximum absolute atomic E-state index is 4.39. The van der Waals surface area contributed by atoms with Gasteiger partial charge in [-0.05, 0) is 129 Å². The molecule has 2 aromatic heterocycles. The van der Waals surface area contributed by atoms with Crippen LogP contribution < -0.4 is 20.0 Å². The number of anilines is 3. The Morgan fingerprint density at radius 1 is 0.493 bits per heavy atom. The van der Waals surface area contributed by atoms with E-state index in [1.54, 1.807) is 11.9 Å². The molecule has 0 saturated carbocycles. The average Bonchev–Trinajstić information content (AvgIpc) is 4.24. The van der Waals surface area contributed by atoms with Crippen molar-refractivity contribution in [2.45, 2.75) is 235 Å². The zero-order valence-electron chi connectivity index (χ0n) is 49.7. The van der Waals surface area contributed by atoms with Gasteiger partial charge in [0.2, 0.25) is 0 Å². The molecule has 2 aromatic carbocycles. The van der Waals surface area contributed by atoms with Gasteiger partial charge in [-0.1, -0.05) is 153 Å². The van der Waals surface area contributed by atoms with E-state index in [4.69, 9.17) is 0 Å². The Morgan fingerprint density at radius 2 is 0.986 bits per heavy atom. The van der Waals surface area contributed by atoms with Crippen LogP contribution in [0.4, 0.5) is 17.2 Å². The molecule has 0 radical (unpaired) electrons. The van der Waals surface area contributed by atoms with Gasteiger partial charge in [0, 0.05) is 91.6 Å². The number of rotatable bonds is 4. The number of fused-ring (bicyclic) bond motifs is 5. The van der Waals surface area contributed by atoms with Gasteiger partial charge < -0.3 is 20.0 Å². The smallest absolute Gasteiger partial charge is 0.132 e. The van der Waals surface area contributed by atoms with Crippen LogP contribution in [-0.4, -0.2) is 76.7 Å². The second-order valence-corrected chi connectivity index (χ2v) is 16.5. The van der Waals surface area contributed by atoms with Crippen molar-refractivity contribution in [3.63, 3.8) is 0 Å². The molecule has 5 aliphatic heterocycles. The number of aromatic nitrogens is 3. The van der Waals surface area contributed by atoms with Crippen LogP contribution in [0.2, 0.25) is 0 Å². The highest BCUT2D eigenvalue weighted by molar-refractivity contribution is 5.63. The summed E-state index contributed by atoms with van der Waals surface area (Å²) in [4.78, 5) is 22.4. The Hall–Kier alpha value is -4.01. The summed E-state index contributed by atoms with van der Waals surface area (Å²) in [6.45, 7) is 57.8. The van der Waals surface area contributed by atoms with Crippen molar-refractivity contribution in [2.75, 3.05) is 47.4 Å². The fraction of sp³-hybridized carbons (Fsp3) is 0.656. The quantitative estimate of drug-likeness (QED) is 0.217. The van der Waals surface area contributed by atoms with Gasteiger partial charge in [-0.25, -0.2) is 15.0 Å². The Kier molecular flexibility index (Phi) is 41.9. The van der Waals surface area contributed by atoms with Crippen LogP contribution in [0, 0.1) is 0 Å². The monoisotopic (exact) mass is 957 g/mol. The fourth-order valence-corrected chi connectivity index (χ4v) is 8.59. The number of pyridine rings is 1. The van der Waals surface area contributed by atoms with E-state index in [-0.39, 0.29) is 0 Å². The van der Waals surface area contributed by atoms with Gasteiger partial charge in [-0.15, -0.1) is 0 Å². The lowest BCUT2D eigenvalue weighted by atomic mass is 9.75. The lowest BCUT2D eigenvalue weighted by molar-refractivity contribution is 0.226. The third kappa shape index (κ3) is 21.5. The van der Waals surface area contributed by atoms with E-state index in [1.165, 1.54) is 85.0 Å². The molecular formula is C61H112N8. The van der Waals surface area contributed by atoms with Crippen molar-refractivity contribution < 1.29 is 0 Å². The first-order valence-electron chi connectivity index (χ1n) is 28.2. The van der Waals surface area contributed by atoms with Gasteiger partial charge in [0.25, 0.3) is 0 Å². The lowest BCUT2D eigenvalue weighted by Crippen LogP contribution is -2.44. The molecule has 5 aliphatic rings. The predicted octanol–water partition coefficient (Wildman–Crippen LogP) is 16.3. The number of nitrogens with zero attached hydrogens (tertiary/aromatic N) is 7. The van der Waals surface area contributed by atoms with Crippen molar-refractivity contribution in [3.8, 4) is 0 Å². The van der Waals surface area contributed by atoms with Crippen molar-refractivity contribution in [1.82, 2.24) is 25.2 Å². The summed E-state index contributed by atoms with van der Waals surface area (Å²) in [5.41, 5.74) is 10.3. The molecule has 1 fully saturated rings. The summed E-state index contributed by atoms with van der Waals surface area (Å²) in [5, 5.41) is 3.49. The van der Waals surface area contributed by atoms with E-state index >= 15 is 0 Å². The highest BCUT2D eigenvalue weighted by Crippen LogP contribution is 2.46. The molecule has 8 nitrogen and oxygen atoms in total. The first-order valence-corrected chi connectivity index (χ1v) is 28.2. The van der Waals surface area contributed by atoms with Crippen LogP contribution in [0.3, 0.4) is 0 Å². The Labute approximate surface area is 429 Å². The SMILES string of the molecule is CC.CC.CC.CC.CC.CC.CC.CC.CC(C)N1CC2(CCNCC2)c2ccccc21.CC(C)N1CCc2ccccc21.CC(C)N1CCc2cccnc21.CC(C)N1Cc2cncnc2C1. The van der Waals surface area contributed by atoms with Crippen LogP contribution in [0.25, 0.3) is 0 Å². The predicted molar refractivity (Wildman–Crippen MR) is 313 cm³/mol. The molecule has 4 aromatic rings. The first kappa shape index (κ1) is 69.3. The molecule has 0 atom stereocenters. The third-order valence-corrected chi connectivity index (χ3v) is 11.7. The van der Waals surface area contributed by atoms with Gasteiger partial charge in [0.05, 0.1) is 5.69 Å². The largest absolute Gasteiger partial charge is 0.369 e. The summed E-state index contributed by atoms with van der Waals surface area (Å²) in [6, 6.07) is 24.3. The van der Waals surface area contributed by atoms with E-state index in [2.05, 4.69) is 150 Å². The standard InChI is InChI=1S/C15H22N2.C11H15N.C10H14N2.C9H13N3.8C2H6/c1-12(2)17-11-15(7-9-16-10-8-15)13-5-3-4-6-14(13)17;1-9(2)12-8-7-10-5-3-4-6-11(10)12;1-8(2)12-7-5-9-4-3-6-11-10(9)12;1-7(2)12-4-8-3-10-6-11-9(8)5-12;8*1-2/h3-6,12,16H,7-11H2,1-2H3;3-6,9H,7-8H2,1-2H3;3-4,6,8H,5,7H2,1-2H3;3,6-7H,4-5H2,1-2H3;8*1-2H3.